The van der Waals surface area contributed by atoms with Gasteiger partial charge in [0.2, 0.25) is 0 Å². The molecule has 1 atom stereocenters. The Hall–Kier alpha value is -1.33. The van der Waals surface area contributed by atoms with Crippen molar-refractivity contribution in [3.63, 3.8) is 0 Å². The van der Waals surface area contributed by atoms with Crippen molar-refractivity contribution in [2.24, 2.45) is 0 Å². The first-order valence-corrected chi connectivity index (χ1v) is 5.72. The van der Waals surface area contributed by atoms with Crippen molar-refractivity contribution in [1.82, 2.24) is 4.98 Å². The lowest BCUT2D eigenvalue weighted by Gasteiger charge is -2.11. The second-order valence-corrected chi connectivity index (χ2v) is 3.68. The normalized spacial score (nSPS) is 12.5. The molecule has 17 heavy (non-hydrogen) atoms. The number of carbonyl (C=O) groups is 1. The first kappa shape index (κ1) is 13.7. The average molecular weight is 241 g/mol. The summed E-state index contributed by atoms with van der Waals surface area (Å²) < 4.78 is 9.97. The molecule has 5 heteroatoms. The molecule has 0 saturated heterocycles. The van der Waals surface area contributed by atoms with E-state index in [1.165, 1.54) is 0 Å². The molecule has 96 valence electrons. The van der Waals surface area contributed by atoms with E-state index in [0.29, 0.717) is 24.5 Å². The fourth-order valence-electron chi connectivity index (χ4n) is 1.64. The Morgan fingerprint density at radius 2 is 2.18 bits per heavy atom. The zero-order valence-corrected chi connectivity index (χ0v) is 10.4. The molecule has 0 radical (unpaired) electrons. The third-order valence-electron chi connectivity index (χ3n) is 2.28. The summed E-state index contributed by atoms with van der Waals surface area (Å²) >= 11 is 0. The van der Waals surface area contributed by atoms with Crippen LogP contribution in [0.15, 0.2) is 6.07 Å². The number of hydrogen-bond acceptors (Lipinski definition) is 4. The summed E-state index contributed by atoms with van der Waals surface area (Å²) in [5.74, 6) is -0.309. The minimum atomic E-state index is -1.03. The van der Waals surface area contributed by atoms with E-state index in [9.17, 15) is 9.90 Å². The standard InChI is InChI=1S/C12H19NO4/c1-4-16-10(14)7-9-6-8(3)13-11(9)12(15)17-5-2/h6,12-13,15H,4-5,7H2,1-3H3. The van der Waals surface area contributed by atoms with Crippen LogP contribution in [-0.4, -0.2) is 29.3 Å². The Kier molecular flexibility index (Phi) is 5.18. The van der Waals surface area contributed by atoms with Gasteiger partial charge in [-0.2, -0.15) is 0 Å². The van der Waals surface area contributed by atoms with Gasteiger partial charge in [-0.3, -0.25) is 4.79 Å². The topological polar surface area (TPSA) is 71.6 Å². The number of hydrogen-bond donors (Lipinski definition) is 2. The lowest BCUT2D eigenvalue weighted by molar-refractivity contribution is -0.142. The first-order chi connectivity index (χ1) is 8.08. The molecule has 0 saturated carbocycles. The number of H-pyrrole nitrogens is 1. The average Bonchev–Trinajstić information content (AvgIpc) is 2.60. The molecule has 1 unspecified atom stereocenters. The van der Waals surface area contributed by atoms with Crippen LogP contribution < -0.4 is 0 Å². The van der Waals surface area contributed by atoms with Crippen molar-refractivity contribution < 1.29 is 19.4 Å². The summed E-state index contributed by atoms with van der Waals surface area (Å²) in [6.07, 6.45) is -0.893. The van der Waals surface area contributed by atoms with Crippen molar-refractivity contribution in [2.75, 3.05) is 13.2 Å². The largest absolute Gasteiger partial charge is 0.466 e. The van der Waals surface area contributed by atoms with E-state index in [-0.39, 0.29) is 12.4 Å². The van der Waals surface area contributed by atoms with E-state index < -0.39 is 6.29 Å². The Labute approximate surface area is 101 Å². The molecule has 2 N–H and O–H groups in total. The maximum Gasteiger partial charge on any atom is 0.310 e. The van der Waals surface area contributed by atoms with Crippen LogP contribution in [0.5, 0.6) is 0 Å². The van der Waals surface area contributed by atoms with Gasteiger partial charge in [0.1, 0.15) is 0 Å². The molecular formula is C12H19NO4. The van der Waals surface area contributed by atoms with Crippen molar-refractivity contribution in [3.05, 3.63) is 23.0 Å². The zero-order valence-electron chi connectivity index (χ0n) is 10.4. The van der Waals surface area contributed by atoms with Crippen LogP contribution in [0, 0.1) is 6.92 Å². The van der Waals surface area contributed by atoms with Gasteiger partial charge in [0.05, 0.1) is 18.7 Å². The van der Waals surface area contributed by atoms with Gasteiger partial charge >= 0.3 is 5.97 Å². The minimum Gasteiger partial charge on any atom is -0.466 e. The molecule has 0 fully saturated rings. The second-order valence-electron chi connectivity index (χ2n) is 3.68. The fraction of sp³-hybridized carbons (Fsp3) is 0.583. The molecule has 0 bridgehead atoms. The molecule has 1 rings (SSSR count). The SMILES string of the molecule is CCOC(=O)Cc1cc(C)[nH]c1C(O)OCC. The highest BCUT2D eigenvalue weighted by Gasteiger charge is 2.17. The number of esters is 1. The summed E-state index contributed by atoms with van der Waals surface area (Å²) in [6.45, 7) is 6.17. The van der Waals surface area contributed by atoms with Crippen molar-refractivity contribution >= 4 is 5.97 Å². The molecule has 1 aromatic rings. The number of aliphatic hydroxyl groups excluding tert-OH is 1. The van der Waals surface area contributed by atoms with Crippen LogP contribution in [0.2, 0.25) is 0 Å². The van der Waals surface area contributed by atoms with E-state index in [2.05, 4.69) is 4.98 Å². The van der Waals surface area contributed by atoms with E-state index in [1.54, 1.807) is 13.8 Å². The summed E-state index contributed by atoms with van der Waals surface area (Å²) in [5, 5.41) is 9.75. The fourth-order valence-corrected chi connectivity index (χ4v) is 1.64. The van der Waals surface area contributed by atoms with Gasteiger partial charge in [0, 0.05) is 12.3 Å². The highest BCUT2D eigenvalue weighted by Crippen LogP contribution is 2.20. The van der Waals surface area contributed by atoms with Gasteiger partial charge in [-0.15, -0.1) is 0 Å². The van der Waals surface area contributed by atoms with Gasteiger partial charge in [-0.05, 0) is 32.4 Å². The Bertz CT molecular complexity index is 373. The highest BCUT2D eigenvalue weighted by molar-refractivity contribution is 5.73. The van der Waals surface area contributed by atoms with Crippen LogP contribution in [0.3, 0.4) is 0 Å². The number of aryl methyl sites for hydroxylation is 1. The third-order valence-corrected chi connectivity index (χ3v) is 2.28. The highest BCUT2D eigenvalue weighted by atomic mass is 16.6. The predicted octanol–water partition coefficient (Wildman–Crippen LogP) is 1.46. The molecule has 1 aromatic heterocycles. The van der Waals surface area contributed by atoms with Gasteiger partial charge in [-0.1, -0.05) is 0 Å². The summed E-state index contributed by atoms with van der Waals surface area (Å²) in [4.78, 5) is 14.4. The van der Waals surface area contributed by atoms with E-state index in [0.717, 1.165) is 5.69 Å². The Balaban J connectivity index is 2.80. The number of rotatable bonds is 6. The number of carbonyl (C=O) groups excluding carboxylic acids is 1. The van der Waals surface area contributed by atoms with Crippen molar-refractivity contribution in [3.8, 4) is 0 Å². The molecule has 5 nitrogen and oxygen atoms in total. The summed E-state index contributed by atoms with van der Waals surface area (Å²) in [6, 6.07) is 1.81. The summed E-state index contributed by atoms with van der Waals surface area (Å²) in [5.41, 5.74) is 2.11. The van der Waals surface area contributed by atoms with Crippen LogP contribution >= 0.6 is 0 Å². The predicted molar refractivity (Wildman–Crippen MR) is 62.5 cm³/mol. The molecule has 0 aliphatic heterocycles. The van der Waals surface area contributed by atoms with E-state index in [4.69, 9.17) is 9.47 Å². The van der Waals surface area contributed by atoms with Gasteiger partial charge in [-0.25, -0.2) is 0 Å². The Morgan fingerprint density at radius 1 is 1.47 bits per heavy atom. The van der Waals surface area contributed by atoms with E-state index >= 15 is 0 Å². The lowest BCUT2D eigenvalue weighted by Crippen LogP contribution is -2.11. The maximum absolute atomic E-state index is 11.4. The van der Waals surface area contributed by atoms with Gasteiger partial charge in [0.15, 0.2) is 6.29 Å². The van der Waals surface area contributed by atoms with Crippen LogP contribution in [-0.2, 0) is 20.7 Å². The van der Waals surface area contributed by atoms with Crippen molar-refractivity contribution in [2.45, 2.75) is 33.5 Å². The molecule has 0 amide bonds. The third kappa shape index (κ3) is 3.87. The molecular weight excluding hydrogens is 222 g/mol. The first-order valence-electron chi connectivity index (χ1n) is 5.72. The molecule has 0 spiro atoms. The van der Waals surface area contributed by atoms with Crippen LogP contribution in [0.4, 0.5) is 0 Å². The molecule has 1 heterocycles. The number of nitrogens with one attached hydrogen (secondary N) is 1. The van der Waals surface area contributed by atoms with Gasteiger partial charge in [0.25, 0.3) is 0 Å². The number of ether oxygens (including phenoxy) is 2. The van der Waals surface area contributed by atoms with Gasteiger partial charge < -0.3 is 19.6 Å². The second kappa shape index (κ2) is 6.42. The van der Waals surface area contributed by atoms with E-state index in [1.807, 2.05) is 13.0 Å². The minimum absolute atomic E-state index is 0.137. The Morgan fingerprint density at radius 3 is 2.76 bits per heavy atom. The molecule has 0 aliphatic carbocycles. The monoisotopic (exact) mass is 241 g/mol. The number of aliphatic hydroxyl groups is 1. The lowest BCUT2D eigenvalue weighted by atomic mass is 10.1. The molecule has 0 aliphatic rings. The maximum atomic E-state index is 11.4. The smallest absolute Gasteiger partial charge is 0.310 e. The van der Waals surface area contributed by atoms with Crippen LogP contribution in [0.1, 0.15) is 37.1 Å². The number of aromatic amines is 1. The zero-order chi connectivity index (χ0) is 12.8. The number of aromatic nitrogens is 1. The quantitative estimate of drug-likeness (QED) is 0.584. The van der Waals surface area contributed by atoms with Crippen LogP contribution in [0.25, 0.3) is 0 Å². The van der Waals surface area contributed by atoms with Crippen molar-refractivity contribution in [1.29, 1.82) is 0 Å². The molecule has 0 aromatic carbocycles. The summed E-state index contributed by atoms with van der Waals surface area (Å²) in [7, 11) is 0.